The molecule has 164 valence electrons. The molecule has 0 amide bonds. The summed E-state index contributed by atoms with van der Waals surface area (Å²) >= 11 is 1.62. The second-order valence-corrected chi connectivity index (χ2v) is 8.91. The van der Waals surface area contributed by atoms with Crippen molar-refractivity contribution in [1.82, 2.24) is 15.2 Å². The van der Waals surface area contributed by atoms with Crippen LogP contribution in [0.1, 0.15) is 43.1 Å². The Hall–Kier alpha value is -2.32. The molecule has 8 heteroatoms. The van der Waals surface area contributed by atoms with Crippen molar-refractivity contribution >= 4 is 17.3 Å². The zero-order chi connectivity index (χ0) is 21.7. The van der Waals surface area contributed by atoms with Gasteiger partial charge in [-0.2, -0.15) is 0 Å². The standard InChI is InChI=1S/C22H32N4O3S/c1-15(27-6)20-25-17(14-30-20)13-26(5)21(23-4)24-10-11-28-18-9-7-8-16-12-22(2,3)29-19(16)18/h7-9,14-15H,10-13H2,1-6H3,(H,23,24). The quantitative estimate of drug-likeness (QED) is 0.390. The van der Waals surface area contributed by atoms with Gasteiger partial charge in [0.1, 0.15) is 23.3 Å². The van der Waals surface area contributed by atoms with Crippen LogP contribution < -0.4 is 14.8 Å². The van der Waals surface area contributed by atoms with E-state index in [1.807, 2.05) is 31.0 Å². The van der Waals surface area contributed by atoms with E-state index in [0.29, 0.717) is 19.7 Å². The Morgan fingerprint density at radius 3 is 2.97 bits per heavy atom. The average molecular weight is 433 g/mol. The lowest BCUT2D eigenvalue weighted by Gasteiger charge is -2.21. The van der Waals surface area contributed by atoms with Gasteiger partial charge in [-0.15, -0.1) is 11.3 Å². The molecule has 2 aromatic rings. The highest BCUT2D eigenvalue weighted by molar-refractivity contribution is 7.09. The third-order valence-electron chi connectivity index (χ3n) is 4.94. The van der Waals surface area contributed by atoms with Gasteiger partial charge in [-0.3, -0.25) is 4.99 Å². The van der Waals surface area contributed by atoms with Crippen molar-refractivity contribution in [3.8, 4) is 11.5 Å². The molecule has 0 saturated heterocycles. The number of hydrogen-bond donors (Lipinski definition) is 1. The highest BCUT2D eigenvalue weighted by atomic mass is 32.1. The van der Waals surface area contributed by atoms with Gasteiger partial charge >= 0.3 is 0 Å². The fourth-order valence-electron chi connectivity index (χ4n) is 3.41. The first-order valence-electron chi connectivity index (χ1n) is 10.2. The van der Waals surface area contributed by atoms with Gasteiger partial charge in [0.2, 0.25) is 0 Å². The zero-order valence-corrected chi connectivity index (χ0v) is 19.5. The van der Waals surface area contributed by atoms with E-state index < -0.39 is 0 Å². The molecule has 0 fully saturated rings. The highest BCUT2D eigenvalue weighted by Crippen LogP contribution is 2.41. The average Bonchev–Trinajstić information content (AvgIpc) is 3.30. The molecule has 1 aromatic heterocycles. The van der Waals surface area contributed by atoms with E-state index in [-0.39, 0.29) is 11.7 Å². The Kier molecular flexibility index (Phi) is 7.20. The number of fused-ring (bicyclic) bond motifs is 1. The number of para-hydroxylation sites is 1. The van der Waals surface area contributed by atoms with Gasteiger partial charge in [0.25, 0.3) is 0 Å². The number of aromatic nitrogens is 1. The Labute approximate surface area is 183 Å². The maximum absolute atomic E-state index is 6.06. The molecule has 1 N–H and O–H groups in total. The molecular formula is C22H32N4O3S. The van der Waals surface area contributed by atoms with E-state index >= 15 is 0 Å². The molecule has 0 bridgehead atoms. The summed E-state index contributed by atoms with van der Waals surface area (Å²) in [7, 11) is 5.47. The summed E-state index contributed by atoms with van der Waals surface area (Å²) in [6.45, 7) is 8.01. The third-order valence-corrected chi connectivity index (χ3v) is 6.00. The maximum Gasteiger partial charge on any atom is 0.193 e. The molecule has 3 rings (SSSR count). The number of rotatable bonds is 8. The Morgan fingerprint density at radius 1 is 1.43 bits per heavy atom. The topological polar surface area (TPSA) is 68.2 Å². The summed E-state index contributed by atoms with van der Waals surface area (Å²) in [5, 5.41) is 6.39. The largest absolute Gasteiger partial charge is 0.488 e. The molecule has 2 heterocycles. The summed E-state index contributed by atoms with van der Waals surface area (Å²) in [4.78, 5) is 11.1. The van der Waals surface area contributed by atoms with Crippen molar-refractivity contribution in [2.45, 2.75) is 45.4 Å². The van der Waals surface area contributed by atoms with Crippen LogP contribution in [0.25, 0.3) is 0 Å². The summed E-state index contributed by atoms with van der Waals surface area (Å²) in [6, 6.07) is 6.08. The molecular weight excluding hydrogens is 400 g/mol. The number of methoxy groups -OCH3 is 1. The van der Waals surface area contributed by atoms with Crippen molar-refractivity contribution in [2.24, 2.45) is 4.99 Å². The van der Waals surface area contributed by atoms with Gasteiger partial charge in [0.15, 0.2) is 17.5 Å². The first kappa shape index (κ1) is 22.4. The third kappa shape index (κ3) is 5.43. The van der Waals surface area contributed by atoms with Crippen LogP contribution in [0.5, 0.6) is 11.5 Å². The molecule has 1 aliphatic heterocycles. The summed E-state index contributed by atoms with van der Waals surface area (Å²) < 4.78 is 17.4. The van der Waals surface area contributed by atoms with Crippen LogP contribution in [0.4, 0.5) is 0 Å². The minimum absolute atomic E-state index is 0.0117. The van der Waals surface area contributed by atoms with Crippen molar-refractivity contribution in [1.29, 1.82) is 0 Å². The van der Waals surface area contributed by atoms with E-state index in [1.165, 1.54) is 5.56 Å². The van der Waals surface area contributed by atoms with Crippen LogP contribution in [0, 0.1) is 0 Å². The minimum atomic E-state index is -0.179. The van der Waals surface area contributed by atoms with Crippen molar-refractivity contribution in [2.75, 3.05) is 34.4 Å². The van der Waals surface area contributed by atoms with E-state index in [0.717, 1.165) is 34.6 Å². The lowest BCUT2D eigenvalue weighted by atomic mass is 10.0. The van der Waals surface area contributed by atoms with Gasteiger partial charge in [0.05, 0.1) is 18.8 Å². The summed E-state index contributed by atoms with van der Waals surface area (Å²) in [5.41, 5.74) is 2.02. The number of guanidine groups is 1. The first-order chi connectivity index (χ1) is 14.3. The van der Waals surface area contributed by atoms with Crippen LogP contribution >= 0.6 is 11.3 Å². The fourth-order valence-corrected chi connectivity index (χ4v) is 4.25. The molecule has 0 radical (unpaired) electrons. The molecule has 30 heavy (non-hydrogen) atoms. The monoisotopic (exact) mass is 432 g/mol. The van der Waals surface area contributed by atoms with E-state index in [1.54, 1.807) is 25.5 Å². The number of thiazole rings is 1. The zero-order valence-electron chi connectivity index (χ0n) is 18.7. The van der Waals surface area contributed by atoms with Gasteiger partial charge in [-0.25, -0.2) is 4.98 Å². The second kappa shape index (κ2) is 9.66. The van der Waals surface area contributed by atoms with Crippen molar-refractivity contribution < 1.29 is 14.2 Å². The Bertz CT molecular complexity index is 881. The first-order valence-corrected chi connectivity index (χ1v) is 11.0. The molecule has 7 nitrogen and oxygen atoms in total. The second-order valence-electron chi connectivity index (χ2n) is 8.02. The van der Waals surface area contributed by atoms with Crippen LogP contribution in [0.3, 0.4) is 0 Å². The smallest absolute Gasteiger partial charge is 0.193 e. The van der Waals surface area contributed by atoms with Gasteiger partial charge in [-0.1, -0.05) is 12.1 Å². The summed E-state index contributed by atoms with van der Waals surface area (Å²) in [6.07, 6.45) is 0.911. The van der Waals surface area contributed by atoms with Gasteiger partial charge < -0.3 is 24.4 Å². The number of aliphatic imine (C=N–C) groups is 1. The normalized spacial score (nSPS) is 16.0. The predicted octanol–water partition coefficient (Wildman–Crippen LogP) is 3.65. The molecule has 0 saturated carbocycles. The Balaban J connectivity index is 1.48. The fraction of sp³-hybridized carbons (Fsp3) is 0.545. The number of hydrogen-bond acceptors (Lipinski definition) is 6. The number of ether oxygens (including phenoxy) is 3. The van der Waals surface area contributed by atoms with Crippen molar-refractivity contribution in [3.63, 3.8) is 0 Å². The molecule has 1 unspecified atom stereocenters. The molecule has 1 atom stereocenters. The van der Waals surface area contributed by atoms with Crippen LogP contribution in [0.15, 0.2) is 28.6 Å². The summed E-state index contributed by atoms with van der Waals surface area (Å²) in [5.74, 6) is 2.46. The lowest BCUT2D eigenvalue weighted by Crippen LogP contribution is -2.40. The van der Waals surface area contributed by atoms with Crippen LogP contribution in [-0.2, 0) is 17.7 Å². The van der Waals surface area contributed by atoms with Gasteiger partial charge in [0, 0.05) is 38.6 Å². The number of nitrogens with one attached hydrogen (secondary N) is 1. The highest BCUT2D eigenvalue weighted by Gasteiger charge is 2.32. The number of nitrogens with zero attached hydrogens (tertiary/aromatic N) is 3. The minimum Gasteiger partial charge on any atom is -0.488 e. The Morgan fingerprint density at radius 2 is 2.23 bits per heavy atom. The van der Waals surface area contributed by atoms with Crippen LogP contribution in [-0.4, -0.2) is 55.8 Å². The lowest BCUT2D eigenvalue weighted by molar-refractivity contribution is 0.119. The van der Waals surface area contributed by atoms with Crippen molar-refractivity contribution in [3.05, 3.63) is 39.8 Å². The molecule has 0 spiro atoms. The molecule has 1 aliphatic rings. The maximum atomic E-state index is 6.06. The molecule has 1 aromatic carbocycles. The SMILES string of the molecule is CN=C(NCCOc1cccc2c1OC(C)(C)C2)N(C)Cc1csc(C(C)OC)n1. The number of benzene rings is 1. The van der Waals surface area contributed by atoms with E-state index in [2.05, 4.69) is 40.6 Å². The van der Waals surface area contributed by atoms with Crippen LogP contribution in [0.2, 0.25) is 0 Å². The van der Waals surface area contributed by atoms with Gasteiger partial charge in [-0.05, 0) is 26.8 Å². The van der Waals surface area contributed by atoms with E-state index in [9.17, 15) is 0 Å². The predicted molar refractivity (Wildman–Crippen MR) is 121 cm³/mol. The van der Waals surface area contributed by atoms with E-state index in [4.69, 9.17) is 14.2 Å². The molecule has 0 aliphatic carbocycles.